The van der Waals surface area contributed by atoms with Crippen molar-refractivity contribution >= 4 is 5.71 Å². The smallest absolute Gasteiger partial charge is 0.213 e. The number of nitrogens with zero attached hydrogens (tertiary/aromatic N) is 2. The third kappa shape index (κ3) is 3.70. The van der Waals surface area contributed by atoms with Gasteiger partial charge in [0.2, 0.25) is 6.23 Å². The third-order valence-corrected chi connectivity index (χ3v) is 5.65. The lowest BCUT2D eigenvalue weighted by Gasteiger charge is -2.38. The van der Waals surface area contributed by atoms with Crippen LogP contribution >= 0.6 is 0 Å². The Hall–Kier alpha value is -3.51. The van der Waals surface area contributed by atoms with E-state index < -0.39 is 0 Å². The van der Waals surface area contributed by atoms with Crippen LogP contribution in [0.3, 0.4) is 0 Å². The second kappa shape index (κ2) is 8.32. The number of hydrogen-bond acceptors (Lipinski definition) is 6. The van der Waals surface area contributed by atoms with Gasteiger partial charge < -0.3 is 19.3 Å². The van der Waals surface area contributed by atoms with Gasteiger partial charge >= 0.3 is 0 Å². The van der Waals surface area contributed by atoms with Gasteiger partial charge in [0.15, 0.2) is 0 Å². The molecular weight excluding hydrogens is 392 g/mol. The summed E-state index contributed by atoms with van der Waals surface area (Å²) in [4.78, 5) is 0. The molecule has 6 heteroatoms. The van der Waals surface area contributed by atoms with Crippen molar-refractivity contribution in [2.24, 2.45) is 5.10 Å². The minimum Gasteiger partial charge on any atom is -0.497 e. The molecule has 158 valence electrons. The van der Waals surface area contributed by atoms with Gasteiger partial charge in [-0.1, -0.05) is 18.2 Å². The highest BCUT2D eigenvalue weighted by Gasteiger charge is 2.40. The Bertz CT molecular complexity index is 1080. The van der Waals surface area contributed by atoms with Crippen LogP contribution in [0.2, 0.25) is 0 Å². The van der Waals surface area contributed by atoms with E-state index >= 15 is 0 Å². The van der Waals surface area contributed by atoms with E-state index in [1.54, 1.807) is 7.11 Å². The molecule has 5 rings (SSSR count). The normalized spacial score (nSPS) is 19.2. The summed E-state index contributed by atoms with van der Waals surface area (Å²) in [5.74, 6) is 2.44. The highest BCUT2D eigenvalue weighted by Crippen LogP contribution is 2.47. The van der Waals surface area contributed by atoms with Crippen LogP contribution in [-0.2, 0) is 0 Å². The van der Waals surface area contributed by atoms with Crippen molar-refractivity contribution in [2.45, 2.75) is 18.7 Å². The number of para-hydroxylation sites is 1. The van der Waals surface area contributed by atoms with E-state index in [9.17, 15) is 0 Å². The lowest BCUT2D eigenvalue weighted by atomic mass is 9.96. The summed E-state index contributed by atoms with van der Waals surface area (Å²) in [5, 5.41) is 16.0. The predicted molar refractivity (Wildman–Crippen MR) is 118 cm³/mol. The SMILES string of the molecule is COc1ccc(C2=NN3[C@@H](c4ccc(OCCO)cc4)Oc4ccccc4[C@@H]3C2)cc1. The minimum atomic E-state index is -0.331. The summed E-state index contributed by atoms with van der Waals surface area (Å²) < 4.78 is 17.2. The Balaban J connectivity index is 1.48. The first-order valence-electron chi connectivity index (χ1n) is 10.4. The van der Waals surface area contributed by atoms with Crippen molar-refractivity contribution in [3.63, 3.8) is 0 Å². The molecule has 2 aliphatic rings. The Morgan fingerprint density at radius 1 is 1.00 bits per heavy atom. The summed E-state index contributed by atoms with van der Waals surface area (Å²) in [6, 6.07) is 24.1. The summed E-state index contributed by atoms with van der Waals surface area (Å²) in [6.45, 7) is 0.263. The fourth-order valence-electron chi connectivity index (χ4n) is 4.10. The standard InChI is InChI=1S/C25H24N2O4/c1-29-19-10-6-17(7-11-19)22-16-23-21-4-2-3-5-24(21)31-25(27(23)26-22)18-8-12-20(13-9-18)30-15-14-28/h2-13,23,25,28H,14-16H2,1H3/t23-,25+/m0/s1. The second-order valence-electron chi connectivity index (χ2n) is 7.52. The van der Waals surface area contributed by atoms with E-state index in [-0.39, 0.29) is 25.5 Å². The first kappa shape index (κ1) is 19.5. The first-order chi connectivity index (χ1) is 15.3. The van der Waals surface area contributed by atoms with Crippen LogP contribution in [0.25, 0.3) is 0 Å². The quantitative estimate of drug-likeness (QED) is 0.649. The average Bonchev–Trinajstić information content (AvgIpc) is 3.28. The molecule has 2 aliphatic heterocycles. The van der Waals surface area contributed by atoms with E-state index in [0.717, 1.165) is 46.1 Å². The van der Waals surface area contributed by atoms with Gasteiger partial charge in [0.25, 0.3) is 0 Å². The molecule has 0 spiro atoms. The predicted octanol–water partition coefficient (Wildman–Crippen LogP) is 4.31. The molecule has 0 amide bonds. The Labute approximate surface area is 181 Å². The summed E-state index contributed by atoms with van der Waals surface area (Å²) in [7, 11) is 1.67. The highest BCUT2D eigenvalue weighted by atomic mass is 16.5. The molecular formula is C25H24N2O4. The molecule has 0 aliphatic carbocycles. The monoisotopic (exact) mass is 416 g/mol. The highest BCUT2D eigenvalue weighted by molar-refractivity contribution is 6.02. The van der Waals surface area contributed by atoms with Crippen molar-refractivity contribution in [3.05, 3.63) is 89.5 Å². The van der Waals surface area contributed by atoms with Crippen molar-refractivity contribution < 1.29 is 19.3 Å². The Kier molecular flexibility index (Phi) is 5.22. The number of methoxy groups -OCH3 is 1. The minimum absolute atomic E-state index is 0.0113. The van der Waals surface area contributed by atoms with Gasteiger partial charge in [-0.05, 0) is 60.2 Å². The molecule has 0 unspecified atom stereocenters. The first-order valence-corrected chi connectivity index (χ1v) is 10.4. The van der Waals surface area contributed by atoms with E-state index in [4.69, 9.17) is 24.4 Å². The van der Waals surface area contributed by atoms with Gasteiger partial charge in [-0.3, -0.25) is 0 Å². The molecule has 1 N–H and O–H groups in total. The molecule has 0 radical (unpaired) electrons. The molecule has 0 fully saturated rings. The largest absolute Gasteiger partial charge is 0.497 e. The maximum Gasteiger partial charge on any atom is 0.213 e. The van der Waals surface area contributed by atoms with Crippen LogP contribution in [0.4, 0.5) is 0 Å². The van der Waals surface area contributed by atoms with Crippen LogP contribution in [-0.4, -0.2) is 36.2 Å². The molecule has 31 heavy (non-hydrogen) atoms. The van der Waals surface area contributed by atoms with Crippen molar-refractivity contribution in [3.8, 4) is 17.2 Å². The molecule has 6 nitrogen and oxygen atoms in total. The van der Waals surface area contributed by atoms with E-state index in [1.165, 1.54) is 0 Å². The van der Waals surface area contributed by atoms with Crippen LogP contribution in [0.1, 0.15) is 35.4 Å². The zero-order valence-electron chi connectivity index (χ0n) is 17.3. The van der Waals surface area contributed by atoms with Crippen LogP contribution in [0.5, 0.6) is 17.2 Å². The Morgan fingerprint density at radius 2 is 1.74 bits per heavy atom. The van der Waals surface area contributed by atoms with E-state index in [1.807, 2.05) is 66.7 Å². The van der Waals surface area contributed by atoms with E-state index in [0.29, 0.717) is 0 Å². The number of rotatable bonds is 6. The van der Waals surface area contributed by atoms with Crippen molar-refractivity contribution in [1.82, 2.24) is 5.01 Å². The number of aliphatic hydroxyl groups excluding tert-OH is 1. The van der Waals surface area contributed by atoms with Gasteiger partial charge in [0, 0.05) is 17.5 Å². The van der Waals surface area contributed by atoms with Crippen LogP contribution in [0.15, 0.2) is 77.9 Å². The van der Waals surface area contributed by atoms with Gasteiger partial charge in [-0.15, -0.1) is 0 Å². The summed E-state index contributed by atoms with van der Waals surface area (Å²) in [6.07, 6.45) is 0.475. The fraction of sp³-hybridized carbons (Fsp3) is 0.240. The topological polar surface area (TPSA) is 63.5 Å². The number of aliphatic hydroxyl groups is 1. The number of ether oxygens (including phenoxy) is 3. The molecule has 0 saturated heterocycles. The number of fused-ring (bicyclic) bond motifs is 3. The van der Waals surface area contributed by atoms with Gasteiger partial charge in [-0.2, -0.15) is 5.10 Å². The molecule has 2 heterocycles. The maximum absolute atomic E-state index is 8.96. The van der Waals surface area contributed by atoms with Gasteiger partial charge in [0.1, 0.15) is 23.9 Å². The van der Waals surface area contributed by atoms with Gasteiger partial charge in [0.05, 0.1) is 25.5 Å². The molecule has 0 bridgehead atoms. The number of hydrogen-bond donors (Lipinski definition) is 1. The zero-order chi connectivity index (χ0) is 21.2. The zero-order valence-corrected chi connectivity index (χ0v) is 17.3. The molecule has 2 atom stereocenters. The number of hydrazone groups is 1. The molecule has 0 saturated carbocycles. The maximum atomic E-state index is 8.96. The number of benzene rings is 3. The molecule has 0 aromatic heterocycles. The average molecular weight is 416 g/mol. The van der Waals surface area contributed by atoms with E-state index in [2.05, 4.69) is 11.1 Å². The van der Waals surface area contributed by atoms with Crippen LogP contribution < -0.4 is 14.2 Å². The third-order valence-electron chi connectivity index (χ3n) is 5.65. The summed E-state index contributed by atoms with van der Waals surface area (Å²) >= 11 is 0. The summed E-state index contributed by atoms with van der Waals surface area (Å²) in [5.41, 5.74) is 4.25. The lowest BCUT2D eigenvalue weighted by molar-refractivity contribution is -0.0190. The second-order valence-corrected chi connectivity index (χ2v) is 7.52. The van der Waals surface area contributed by atoms with Crippen LogP contribution in [0, 0.1) is 0 Å². The van der Waals surface area contributed by atoms with Crippen molar-refractivity contribution in [2.75, 3.05) is 20.3 Å². The molecule has 3 aromatic rings. The Morgan fingerprint density at radius 3 is 2.48 bits per heavy atom. The van der Waals surface area contributed by atoms with Gasteiger partial charge in [-0.25, -0.2) is 5.01 Å². The van der Waals surface area contributed by atoms with Crippen molar-refractivity contribution in [1.29, 1.82) is 0 Å². The fourth-order valence-corrected chi connectivity index (χ4v) is 4.10. The molecule has 3 aromatic carbocycles. The lowest BCUT2D eigenvalue weighted by Crippen LogP contribution is -2.33.